The Morgan fingerprint density at radius 1 is 1.25 bits per heavy atom. The molecule has 0 aliphatic carbocycles. The molecular weight excluding hydrogens is 289 g/mol. The second-order valence-corrected chi connectivity index (χ2v) is 5.68. The summed E-state index contributed by atoms with van der Waals surface area (Å²) in [4.78, 5) is 2.10. The van der Waals surface area contributed by atoms with Gasteiger partial charge in [-0.25, -0.2) is 0 Å². The van der Waals surface area contributed by atoms with Gasteiger partial charge in [0, 0.05) is 17.6 Å². The summed E-state index contributed by atoms with van der Waals surface area (Å²) in [5.41, 5.74) is -0.0791. The van der Waals surface area contributed by atoms with Gasteiger partial charge in [-0.15, -0.1) is 0 Å². The first kappa shape index (κ1) is 15.6. The van der Waals surface area contributed by atoms with Crippen LogP contribution < -0.4 is 5.32 Å². The second-order valence-electron chi connectivity index (χ2n) is 5.24. The minimum Gasteiger partial charge on any atom is -0.317 e. The highest BCUT2D eigenvalue weighted by Crippen LogP contribution is 2.32. The maximum atomic E-state index is 12.8. The molecule has 0 radical (unpaired) electrons. The van der Waals surface area contributed by atoms with Crippen molar-refractivity contribution in [1.29, 1.82) is 0 Å². The molecule has 1 heterocycles. The Morgan fingerprint density at radius 2 is 1.90 bits per heavy atom. The normalized spacial score (nSPS) is 17.7. The Kier molecular flexibility index (Phi) is 4.94. The maximum Gasteiger partial charge on any atom is 0.416 e. The summed E-state index contributed by atoms with van der Waals surface area (Å²) >= 11 is 5.80. The number of nitrogens with zero attached hydrogens (tertiary/aromatic N) is 1. The third-order valence-corrected chi connectivity index (χ3v) is 3.87. The molecule has 0 aromatic heterocycles. The second kappa shape index (κ2) is 6.33. The van der Waals surface area contributed by atoms with Crippen LogP contribution in [-0.4, -0.2) is 31.1 Å². The van der Waals surface area contributed by atoms with Crippen molar-refractivity contribution in [2.45, 2.75) is 31.6 Å². The maximum absolute atomic E-state index is 12.8. The van der Waals surface area contributed by atoms with E-state index in [0.29, 0.717) is 18.2 Å². The van der Waals surface area contributed by atoms with Gasteiger partial charge in [-0.1, -0.05) is 11.6 Å². The predicted octanol–water partition coefficient (Wildman–Crippen LogP) is 3.54. The van der Waals surface area contributed by atoms with Crippen LogP contribution in [0.4, 0.5) is 13.2 Å². The van der Waals surface area contributed by atoms with Crippen molar-refractivity contribution in [3.05, 3.63) is 34.3 Å². The number of hydrogen-bond donors (Lipinski definition) is 1. The van der Waals surface area contributed by atoms with Crippen LogP contribution in [0.1, 0.15) is 24.0 Å². The Bertz CT molecular complexity index is 456. The lowest BCUT2D eigenvalue weighted by Crippen LogP contribution is -2.40. The number of benzene rings is 1. The number of piperidine rings is 1. The lowest BCUT2D eigenvalue weighted by Gasteiger charge is -2.31. The molecule has 1 fully saturated rings. The van der Waals surface area contributed by atoms with Gasteiger partial charge < -0.3 is 5.32 Å². The molecule has 1 aliphatic rings. The van der Waals surface area contributed by atoms with Gasteiger partial charge in [-0.05, 0) is 56.7 Å². The van der Waals surface area contributed by atoms with E-state index in [4.69, 9.17) is 11.6 Å². The van der Waals surface area contributed by atoms with Crippen LogP contribution in [0, 0.1) is 0 Å². The molecule has 0 spiro atoms. The molecule has 0 bridgehead atoms. The monoisotopic (exact) mass is 306 g/mol. The summed E-state index contributed by atoms with van der Waals surface area (Å²) < 4.78 is 38.3. The van der Waals surface area contributed by atoms with Crippen LogP contribution in [0.2, 0.25) is 5.02 Å². The van der Waals surface area contributed by atoms with Crippen molar-refractivity contribution in [3.8, 4) is 0 Å². The average molecular weight is 307 g/mol. The minimum atomic E-state index is -4.35. The van der Waals surface area contributed by atoms with Crippen LogP contribution in [0.3, 0.4) is 0 Å². The molecule has 1 N–H and O–H groups in total. The van der Waals surface area contributed by atoms with Crippen molar-refractivity contribution in [2.75, 3.05) is 20.1 Å². The highest BCUT2D eigenvalue weighted by molar-refractivity contribution is 6.30. The van der Waals surface area contributed by atoms with E-state index in [1.807, 2.05) is 7.05 Å². The van der Waals surface area contributed by atoms with Crippen LogP contribution in [0.5, 0.6) is 0 Å². The van der Waals surface area contributed by atoms with E-state index in [2.05, 4.69) is 10.2 Å². The fraction of sp³-hybridized carbons (Fsp3) is 0.571. The van der Waals surface area contributed by atoms with E-state index in [1.165, 1.54) is 6.07 Å². The van der Waals surface area contributed by atoms with Gasteiger partial charge >= 0.3 is 6.18 Å². The van der Waals surface area contributed by atoms with Crippen molar-refractivity contribution < 1.29 is 13.2 Å². The zero-order valence-corrected chi connectivity index (χ0v) is 12.1. The summed E-state index contributed by atoms with van der Waals surface area (Å²) in [6, 6.07) is 4.16. The Balaban J connectivity index is 2.10. The minimum absolute atomic E-state index is 0.133. The number of halogens is 4. The summed E-state index contributed by atoms with van der Waals surface area (Å²) in [7, 11) is 1.95. The first-order chi connectivity index (χ1) is 9.36. The number of hydrogen-bond acceptors (Lipinski definition) is 2. The molecule has 1 saturated heterocycles. The van der Waals surface area contributed by atoms with E-state index >= 15 is 0 Å². The average Bonchev–Trinajstić information content (AvgIpc) is 2.38. The molecule has 2 nitrogen and oxygen atoms in total. The zero-order chi connectivity index (χ0) is 14.8. The molecule has 0 unspecified atom stereocenters. The van der Waals surface area contributed by atoms with Gasteiger partial charge in [-0.3, -0.25) is 4.90 Å². The molecule has 2 rings (SSSR count). The fourth-order valence-corrected chi connectivity index (χ4v) is 2.83. The van der Waals surface area contributed by atoms with Crippen LogP contribution >= 0.6 is 11.6 Å². The van der Waals surface area contributed by atoms with Crippen LogP contribution in [0.25, 0.3) is 0 Å². The van der Waals surface area contributed by atoms with Gasteiger partial charge in [0.15, 0.2) is 0 Å². The van der Waals surface area contributed by atoms with E-state index in [0.717, 1.165) is 32.0 Å². The lowest BCUT2D eigenvalue weighted by atomic mass is 10.0. The lowest BCUT2D eigenvalue weighted by molar-refractivity contribution is -0.137. The first-order valence-electron chi connectivity index (χ1n) is 6.64. The molecule has 1 aliphatic heterocycles. The van der Waals surface area contributed by atoms with Gasteiger partial charge in [-0.2, -0.15) is 13.2 Å². The van der Waals surface area contributed by atoms with Crippen LogP contribution in [0.15, 0.2) is 18.2 Å². The topological polar surface area (TPSA) is 15.3 Å². The van der Waals surface area contributed by atoms with E-state index in [1.54, 1.807) is 6.07 Å². The largest absolute Gasteiger partial charge is 0.416 e. The van der Waals surface area contributed by atoms with E-state index < -0.39 is 11.7 Å². The zero-order valence-electron chi connectivity index (χ0n) is 11.3. The number of alkyl halides is 3. The van der Waals surface area contributed by atoms with Crippen molar-refractivity contribution >= 4 is 11.6 Å². The summed E-state index contributed by atoms with van der Waals surface area (Å²) in [6.07, 6.45) is -2.32. The van der Waals surface area contributed by atoms with Crippen LogP contribution in [-0.2, 0) is 12.7 Å². The molecular formula is C14H18ClF3N2. The Hall–Kier alpha value is -0.780. The summed E-state index contributed by atoms with van der Waals surface area (Å²) in [5, 5.41) is 3.41. The van der Waals surface area contributed by atoms with E-state index in [-0.39, 0.29) is 5.02 Å². The summed E-state index contributed by atoms with van der Waals surface area (Å²) in [5.74, 6) is 0. The van der Waals surface area contributed by atoms with Crippen molar-refractivity contribution in [1.82, 2.24) is 10.2 Å². The molecule has 0 amide bonds. The van der Waals surface area contributed by atoms with Gasteiger partial charge in [0.2, 0.25) is 0 Å². The highest BCUT2D eigenvalue weighted by atomic mass is 35.5. The SMILES string of the molecule is CN(Cc1cc(Cl)cc(C(F)(F)F)c1)C1CCNCC1. The number of nitrogens with one attached hydrogen (secondary N) is 1. The summed E-state index contributed by atoms with van der Waals surface area (Å²) in [6.45, 7) is 2.39. The smallest absolute Gasteiger partial charge is 0.317 e. The van der Waals surface area contributed by atoms with Gasteiger partial charge in [0.05, 0.1) is 5.56 Å². The third kappa shape index (κ3) is 4.11. The molecule has 0 saturated carbocycles. The highest BCUT2D eigenvalue weighted by Gasteiger charge is 2.31. The standard InChI is InChI=1S/C14H18ClF3N2/c1-20(13-2-4-19-5-3-13)9-10-6-11(14(16,17)18)8-12(15)7-10/h6-8,13,19H,2-5,9H2,1H3. The molecule has 1 aromatic rings. The van der Waals surface area contributed by atoms with Gasteiger partial charge in [0.25, 0.3) is 0 Å². The predicted molar refractivity (Wildman–Crippen MR) is 73.8 cm³/mol. The van der Waals surface area contributed by atoms with Crippen molar-refractivity contribution in [3.63, 3.8) is 0 Å². The molecule has 112 valence electrons. The Morgan fingerprint density at radius 3 is 2.50 bits per heavy atom. The molecule has 1 aromatic carbocycles. The van der Waals surface area contributed by atoms with Crippen molar-refractivity contribution in [2.24, 2.45) is 0 Å². The third-order valence-electron chi connectivity index (χ3n) is 3.65. The molecule has 0 atom stereocenters. The van der Waals surface area contributed by atoms with E-state index in [9.17, 15) is 13.2 Å². The number of rotatable bonds is 3. The quantitative estimate of drug-likeness (QED) is 0.919. The molecule has 20 heavy (non-hydrogen) atoms. The molecule has 6 heteroatoms. The fourth-order valence-electron chi connectivity index (χ4n) is 2.57. The first-order valence-corrected chi connectivity index (χ1v) is 7.01. The Labute approximate surface area is 121 Å². The van der Waals surface area contributed by atoms with Gasteiger partial charge in [0.1, 0.15) is 0 Å².